The summed E-state index contributed by atoms with van der Waals surface area (Å²) in [6.45, 7) is 2.10. The Morgan fingerprint density at radius 2 is 2.00 bits per heavy atom. The highest BCUT2D eigenvalue weighted by Crippen LogP contribution is 2.27. The first-order chi connectivity index (χ1) is 8.52. The first kappa shape index (κ1) is 15.1. The molecule has 1 aliphatic rings. The number of hydrogen-bond donors (Lipinski definition) is 3. The molecule has 0 radical (unpaired) electrons. The van der Waals surface area contributed by atoms with Crippen molar-refractivity contribution in [1.29, 1.82) is 0 Å². The molecule has 18 heavy (non-hydrogen) atoms. The molecule has 0 aromatic heterocycles. The lowest BCUT2D eigenvalue weighted by atomic mass is 9.80. The average molecular weight is 254 g/mol. The van der Waals surface area contributed by atoms with Gasteiger partial charge < -0.3 is 15.3 Å². The number of aliphatic hydroxyl groups is 3. The van der Waals surface area contributed by atoms with Gasteiger partial charge in [-0.15, -0.1) is 0 Å². The monoisotopic (exact) mass is 254 g/mol. The topological polar surface area (TPSA) is 77.8 Å². The number of carbonyl (C=O) groups is 1. The summed E-state index contributed by atoms with van der Waals surface area (Å²) in [5.41, 5.74) is -1.84. The minimum Gasteiger partial charge on any atom is -0.387 e. The Bertz CT molecular complexity index is 335. The lowest BCUT2D eigenvalue weighted by molar-refractivity contribution is -0.158. The summed E-state index contributed by atoms with van der Waals surface area (Å²) in [6, 6.07) is 0. The molecule has 4 nitrogen and oxygen atoms in total. The van der Waals surface area contributed by atoms with Crippen LogP contribution in [0.2, 0.25) is 0 Å². The number of ketones is 1. The Morgan fingerprint density at radius 3 is 2.67 bits per heavy atom. The molecule has 0 aliphatic heterocycles. The Hall–Kier alpha value is -0.970. The second-order valence-electron chi connectivity index (χ2n) is 4.74. The van der Waals surface area contributed by atoms with Crippen LogP contribution in [0.1, 0.15) is 39.0 Å². The van der Waals surface area contributed by atoms with E-state index in [2.05, 4.69) is 13.0 Å². The normalized spacial score (nSPS) is 32.3. The first-order valence-electron chi connectivity index (χ1n) is 6.48. The van der Waals surface area contributed by atoms with E-state index in [1.165, 1.54) is 6.08 Å². The number of rotatable bonds is 6. The summed E-state index contributed by atoms with van der Waals surface area (Å²) < 4.78 is 0. The lowest BCUT2D eigenvalue weighted by Gasteiger charge is -2.35. The van der Waals surface area contributed by atoms with Crippen molar-refractivity contribution in [3.8, 4) is 0 Å². The highest BCUT2D eigenvalue weighted by Gasteiger charge is 2.46. The zero-order valence-corrected chi connectivity index (χ0v) is 10.7. The van der Waals surface area contributed by atoms with Crippen LogP contribution in [0, 0.1) is 0 Å². The van der Waals surface area contributed by atoms with Gasteiger partial charge in [0, 0.05) is 0 Å². The minimum absolute atomic E-state index is 0.158. The molecule has 3 N–H and O–H groups in total. The Kier molecular flexibility index (Phi) is 5.72. The van der Waals surface area contributed by atoms with Gasteiger partial charge in [-0.05, 0) is 37.8 Å². The molecule has 0 fully saturated rings. The van der Waals surface area contributed by atoms with Crippen molar-refractivity contribution in [1.82, 2.24) is 0 Å². The zero-order valence-electron chi connectivity index (χ0n) is 10.7. The van der Waals surface area contributed by atoms with E-state index in [0.717, 1.165) is 25.3 Å². The maximum atomic E-state index is 11.6. The van der Waals surface area contributed by atoms with E-state index in [1.54, 1.807) is 0 Å². The van der Waals surface area contributed by atoms with Gasteiger partial charge >= 0.3 is 0 Å². The summed E-state index contributed by atoms with van der Waals surface area (Å²) in [5, 5.41) is 29.3. The van der Waals surface area contributed by atoms with Gasteiger partial charge in [-0.25, -0.2) is 0 Å². The van der Waals surface area contributed by atoms with Gasteiger partial charge in [0.1, 0.15) is 12.2 Å². The van der Waals surface area contributed by atoms with Crippen molar-refractivity contribution >= 4 is 5.78 Å². The number of aliphatic hydroxyl groups excluding tert-OH is 2. The van der Waals surface area contributed by atoms with Crippen molar-refractivity contribution in [2.24, 2.45) is 0 Å². The van der Waals surface area contributed by atoms with Crippen LogP contribution >= 0.6 is 0 Å². The molecule has 0 amide bonds. The third-order valence-corrected chi connectivity index (χ3v) is 3.23. The van der Waals surface area contributed by atoms with Crippen molar-refractivity contribution in [2.75, 3.05) is 0 Å². The van der Waals surface area contributed by atoms with Gasteiger partial charge in [-0.2, -0.15) is 0 Å². The number of hydrogen-bond acceptors (Lipinski definition) is 4. The molecular weight excluding hydrogens is 232 g/mol. The van der Waals surface area contributed by atoms with Gasteiger partial charge in [0.05, 0.1) is 0 Å². The van der Waals surface area contributed by atoms with Crippen LogP contribution < -0.4 is 0 Å². The molecule has 0 unspecified atom stereocenters. The van der Waals surface area contributed by atoms with Crippen molar-refractivity contribution in [3.05, 3.63) is 24.3 Å². The third kappa shape index (κ3) is 3.51. The average Bonchev–Trinajstić information content (AvgIpc) is 2.36. The van der Waals surface area contributed by atoms with Crippen LogP contribution in [-0.2, 0) is 4.79 Å². The molecule has 0 spiro atoms. The van der Waals surface area contributed by atoms with Crippen molar-refractivity contribution < 1.29 is 20.1 Å². The summed E-state index contributed by atoms with van der Waals surface area (Å²) in [4.78, 5) is 11.6. The molecule has 102 valence electrons. The third-order valence-electron chi connectivity index (χ3n) is 3.23. The van der Waals surface area contributed by atoms with E-state index in [9.17, 15) is 20.1 Å². The van der Waals surface area contributed by atoms with E-state index in [-0.39, 0.29) is 6.42 Å². The second-order valence-corrected chi connectivity index (χ2v) is 4.74. The van der Waals surface area contributed by atoms with E-state index in [0.29, 0.717) is 6.42 Å². The van der Waals surface area contributed by atoms with Gasteiger partial charge in [0.2, 0.25) is 0 Å². The van der Waals surface area contributed by atoms with Gasteiger partial charge in [0.15, 0.2) is 11.4 Å². The molecule has 0 bridgehead atoms. The lowest BCUT2D eigenvalue weighted by Crippen LogP contribution is -2.56. The molecule has 0 saturated heterocycles. The van der Waals surface area contributed by atoms with Gasteiger partial charge in [0.25, 0.3) is 0 Å². The number of unbranched alkanes of at least 4 members (excludes halogenated alkanes) is 2. The quantitative estimate of drug-likeness (QED) is 0.490. The Morgan fingerprint density at radius 1 is 1.33 bits per heavy atom. The number of carbonyl (C=O) groups excluding carboxylic acids is 1. The van der Waals surface area contributed by atoms with Crippen LogP contribution in [0.3, 0.4) is 0 Å². The number of allylic oxidation sites excluding steroid dienone is 2. The van der Waals surface area contributed by atoms with E-state index in [1.807, 2.05) is 6.08 Å². The van der Waals surface area contributed by atoms with Crippen LogP contribution in [0.25, 0.3) is 0 Å². The van der Waals surface area contributed by atoms with Gasteiger partial charge in [-0.1, -0.05) is 25.5 Å². The van der Waals surface area contributed by atoms with Crippen LogP contribution in [-0.4, -0.2) is 38.9 Å². The summed E-state index contributed by atoms with van der Waals surface area (Å²) in [6.07, 6.45) is 7.44. The largest absolute Gasteiger partial charge is 0.387 e. The predicted octanol–water partition coefficient (Wildman–Crippen LogP) is 1.10. The molecule has 1 rings (SSSR count). The van der Waals surface area contributed by atoms with Crippen LogP contribution in [0.5, 0.6) is 0 Å². The summed E-state index contributed by atoms with van der Waals surface area (Å²) in [5.74, 6) is -0.530. The van der Waals surface area contributed by atoms with Crippen LogP contribution in [0.4, 0.5) is 0 Å². The maximum absolute atomic E-state index is 11.6. The molecule has 1 aliphatic carbocycles. The highest BCUT2D eigenvalue weighted by atomic mass is 16.4. The molecule has 0 aromatic carbocycles. The highest BCUT2D eigenvalue weighted by molar-refractivity contribution is 5.98. The first-order valence-corrected chi connectivity index (χ1v) is 6.48. The van der Waals surface area contributed by atoms with E-state index >= 15 is 0 Å². The minimum atomic E-state index is -1.84. The van der Waals surface area contributed by atoms with Crippen molar-refractivity contribution in [2.45, 2.75) is 56.8 Å². The Balaban J connectivity index is 2.48. The predicted molar refractivity (Wildman–Crippen MR) is 69.0 cm³/mol. The Labute approximate surface area is 108 Å². The zero-order chi connectivity index (χ0) is 13.6. The fourth-order valence-corrected chi connectivity index (χ4v) is 2.03. The summed E-state index contributed by atoms with van der Waals surface area (Å²) in [7, 11) is 0. The molecule has 4 heteroatoms. The fourth-order valence-electron chi connectivity index (χ4n) is 2.03. The van der Waals surface area contributed by atoms with Crippen molar-refractivity contribution in [3.63, 3.8) is 0 Å². The molecule has 0 aromatic rings. The second kappa shape index (κ2) is 6.83. The van der Waals surface area contributed by atoms with E-state index in [4.69, 9.17) is 0 Å². The molecule has 0 saturated carbocycles. The maximum Gasteiger partial charge on any atom is 0.189 e. The fraction of sp³-hybridized carbons (Fsp3) is 0.643. The molecular formula is C14H22O4. The molecule has 3 atom stereocenters. The van der Waals surface area contributed by atoms with Crippen LogP contribution in [0.15, 0.2) is 24.3 Å². The molecule has 0 heterocycles. The van der Waals surface area contributed by atoms with E-state index < -0.39 is 23.6 Å². The van der Waals surface area contributed by atoms with Gasteiger partial charge in [-0.3, -0.25) is 4.79 Å². The smallest absolute Gasteiger partial charge is 0.189 e. The summed E-state index contributed by atoms with van der Waals surface area (Å²) >= 11 is 0. The standard InChI is InChI=1S/C14H22O4/c1-2-3-4-5-6-7-10-14(18)12(16)9-8-11(15)13(14)17/h4-5,8-9,11,13,15,17-18H,2-3,6-7,10H2,1H3/b5-4-/t11-,13+,14-/m0/s1. The SMILES string of the molecule is CCC/C=C\CCC[C@]1(O)C(=O)C=C[C@H](O)[C@H]1O.